The Morgan fingerprint density at radius 3 is 2.44 bits per heavy atom. The van der Waals surface area contributed by atoms with Gasteiger partial charge in [-0.25, -0.2) is 4.79 Å². The van der Waals surface area contributed by atoms with Crippen LogP contribution in [0.3, 0.4) is 0 Å². The van der Waals surface area contributed by atoms with E-state index in [9.17, 15) is 9.59 Å². The van der Waals surface area contributed by atoms with E-state index in [-0.39, 0.29) is 10.9 Å². The Labute approximate surface area is 111 Å². The summed E-state index contributed by atoms with van der Waals surface area (Å²) in [5.74, 6) is -0.178. The molecule has 102 valence electrons. The summed E-state index contributed by atoms with van der Waals surface area (Å²) >= 11 is 1.68. The number of piperidine rings is 1. The third-order valence-electron chi connectivity index (χ3n) is 3.49. The van der Waals surface area contributed by atoms with E-state index in [1.165, 1.54) is 0 Å². The van der Waals surface area contributed by atoms with E-state index in [1.807, 2.05) is 4.90 Å². The molecule has 2 fully saturated rings. The molecule has 7 heteroatoms. The number of thioether (sulfide) groups is 1. The van der Waals surface area contributed by atoms with Crippen molar-refractivity contribution in [2.75, 3.05) is 32.9 Å². The van der Waals surface area contributed by atoms with Crippen molar-refractivity contribution >= 4 is 23.8 Å². The van der Waals surface area contributed by atoms with Crippen molar-refractivity contribution in [3.63, 3.8) is 0 Å². The van der Waals surface area contributed by atoms with Gasteiger partial charge in [-0.2, -0.15) is 0 Å². The molecule has 2 saturated heterocycles. The van der Waals surface area contributed by atoms with Gasteiger partial charge >= 0.3 is 12.0 Å². The Morgan fingerprint density at radius 1 is 1.39 bits per heavy atom. The molecule has 0 bridgehead atoms. The van der Waals surface area contributed by atoms with Crippen LogP contribution >= 0.6 is 11.8 Å². The highest BCUT2D eigenvalue weighted by molar-refractivity contribution is 8.01. The molecule has 2 rings (SSSR count). The molecule has 2 aliphatic heterocycles. The molecule has 0 aromatic rings. The number of carbonyl (C=O) groups excluding carboxylic acids is 1. The fraction of sp³-hybridized carbons (Fsp3) is 0.818. The normalized spacial score (nSPS) is 26.3. The van der Waals surface area contributed by atoms with Gasteiger partial charge < -0.3 is 14.9 Å². The highest BCUT2D eigenvalue weighted by Gasteiger charge is 2.44. The Bertz CT molecular complexity index is 353. The van der Waals surface area contributed by atoms with E-state index in [2.05, 4.69) is 5.32 Å². The second-order valence-electron chi connectivity index (χ2n) is 5.00. The molecular weight excluding hydrogens is 254 g/mol. The first kappa shape index (κ1) is 13.5. The molecule has 0 aromatic carbocycles. The summed E-state index contributed by atoms with van der Waals surface area (Å²) < 4.78 is 0. The maximum absolute atomic E-state index is 11.8. The molecule has 0 aromatic heterocycles. The molecule has 18 heavy (non-hydrogen) atoms. The van der Waals surface area contributed by atoms with E-state index < -0.39 is 12.0 Å². The Morgan fingerprint density at radius 2 is 2.00 bits per heavy atom. The lowest BCUT2D eigenvalue weighted by atomic mass is 10.0. The van der Waals surface area contributed by atoms with Gasteiger partial charge in [0.25, 0.3) is 0 Å². The second-order valence-corrected chi connectivity index (χ2v) is 6.41. The van der Waals surface area contributed by atoms with Crippen molar-refractivity contribution in [1.82, 2.24) is 15.1 Å². The fourth-order valence-electron chi connectivity index (χ4n) is 2.41. The molecule has 1 atom stereocenters. The van der Waals surface area contributed by atoms with Gasteiger partial charge in [-0.1, -0.05) is 0 Å². The average Bonchev–Trinajstić information content (AvgIpc) is 2.74. The molecule has 0 radical (unpaired) electrons. The Hall–Kier alpha value is -0.950. The van der Waals surface area contributed by atoms with Gasteiger partial charge in [-0.3, -0.25) is 10.1 Å². The van der Waals surface area contributed by atoms with E-state index in [0.717, 1.165) is 12.8 Å². The maximum Gasteiger partial charge on any atom is 0.321 e. The van der Waals surface area contributed by atoms with Gasteiger partial charge in [0.05, 0.1) is 4.87 Å². The van der Waals surface area contributed by atoms with Crippen LogP contribution < -0.4 is 5.32 Å². The maximum atomic E-state index is 11.8. The van der Waals surface area contributed by atoms with Crippen molar-refractivity contribution in [2.45, 2.75) is 23.8 Å². The van der Waals surface area contributed by atoms with E-state index in [4.69, 9.17) is 5.11 Å². The molecular formula is C11H19N3O3S. The zero-order valence-corrected chi connectivity index (χ0v) is 11.5. The highest BCUT2D eigenvalue weighted by Crippen LogP contribution is 2.39. The van der Waals surface area contributed by atoms with Gasteiger partial charge in [-0.15, -0.1) is 11.8 Å². The lowest BCUT2D eigenvalue weighted by Crippen LogP contribution is -2.54. The first-order chi connectivity index (χ1) is 8.43. The highest BCUT2D eigenvalue weighted by atomic mass is 32.2. The number of nitrogens with zero attached hydrogens (tertiary/aromatic N) is 2. The van der Waals surface area contributed by atoms with Crippen molar-refractivity contribution in [3.8, 4) is 0 Å². The number of carboxylic acids is 1. The summed E-state index contributed by atoms with van der Waals surface area (Å²) in [4.78, 5) is 26.0. The number of hydrogen-bond donors (Lipinski definition) is 2. The van der Waals surface area contributed by atoms with Crippen LogP contribution in [0.5, 0.6) is 0 Å². The molecule has 2 amide bonds. The van der Waals surface area contributed by atoms with Crippen LogP contribution in [-0.2, 0) is 4.79 Å². The van der Waals surface area contributed by atoms with Crippen LogP contribution in [0.15, 0.2) is 0 Å². The SMILES string of the molecule is CN(C)C(=O)N1CCC2(CC1)N[C@@H](C(=O)O)CS2. The zero-order valence-electron chi connectivity index (χ0n) is 10.7. The van der Waals surface area contributed by atoms with Gasteiger partial charge in [0.2, 0.25) is 0 Å². The summed E-state index contributed by atoms with van der Waals surface area (Å²) in [5, 5.41) is 12.2. The number of urea groups is 1. The van der Waals surface area contributed by atoms with Crippen molar-refractivity contribution in [1.29, 1.82) is 0 Å². The number of rotatable bonds is 1. The predicted octanol–water partition coefficient (Wildman–Crippen LogP) is 0.250. The summed E-state index contributed by atoms with van der Waals surface area (Å²) in [6.45, 7) is 1.37. The standard InChI is InChI=1S/C11H19N3O3S/c1-13(2)10(17)14-5-3-11(4-6-14)12-8(7-18-11)9(15)16/h8,12H,3-7H2,1-2H3,(H,15,16)/t8-/m1/s1. The lowest BCUT2D eigenvalue weighted by Gasteiger charge is -2.39. The molecule has 0 saturated carbocycles. The summed E-state index contributed by atoms with van der Waals surface area (Å²) in [6.07, 6.45) is 1.61. The van der Waals surface area contributed by atoms with Crippen LogP contribution in [0.25, 0.3) is 0 Å². The summed E-state index contributed by atoms with van der Waals surface area (Å²) in [7, 11) is 3.49. The number of carbonyl (C=O) groups is 2. The molecule has 0 unspecified atom stereocenters. The van der Waals surface area contributed by atoms with E-state index in [0.29, 0.717) is 18.8 Å². The number of hydrogen-bond acceptors (Lipinski definition) is 4. The number of nitrogens with one attached hydrogen (secondary N) is 1. The first-order valence-corrected chi connectivity index (χ1v) is 7.03. The molecule has 2 heterocycles. The third kappa shape index (κ3) is 2.56. The van der Waals surface area contributed by atoms with Crippen LogP contribution in [0, 0.1) is 0 Å². The van der Waals surface area contributed by atoms with Crippen LogP contribution in [0.2, 0.25) is 0 Å². The summed E-state index contributed by atoms with van der Waals surface area (Å²) in [6, 6.07) is -0.422. The average molecular weight is 273 g/mol. The van der Waals surface area contributed by atoms with Crippen molar-refractivity contribution < 1.29 is 14.7 Å². The minimum Gasteiger partial charge on any atom is -0.480 e. The topological polar surface area (TPSA) is 72.9 Å². The quantitative estimate of drug-likeness (QED) is 0.716. The number of amides is 2. The summed E-state index contributed by atoms with van der Waals surface area (Å²) in [5.41, 5.74) is 0. The minimum atomic E-state index is -0.786. The van der Waals surface area contributed by atoms with Crippen LogP contribution in [-0.4, -0.2) is 70.8 Å². The molecule has 0 aliphatic carbocycles. The smallest absolute Gasteiger partial charge is 0.321 e. The molecule has 1 spiro atoms. The Kier molecular flexibility index (Phi) is 3.72. The van der Waals surface area contributed by atoms with Gasteiger partial charge in [0.1, 0.15) is 6.04 Å². The van der Waals surface area contributed by atoms with Gasteiger partial charge in [-0.05, 0) is 12.8 Å². The lowest BCUT2D eigenvalue weighted by molar-refractivity contribution is -0.139. The van der Waals surface area contributed by atoms with E-state index in [1.54, 1.807) is 30.8 Å². The van der Waals surface area contributed by atoms with Crippen molar-refractivity contribution in [3.05, 3.63) is 0 Å². The van der Waals surface area contributed by atoms with Crippen LogP contribution in [0.4, 0.5) is 4.79 Å². The number of aliphatic carboxylic acids is 1. The zero-order chi connectivity index (χ0) is 13.3. The third-order valence-corrected chi connectivity index (χ3v) is 5.06. The Balaban J connectivity index is 1.91. The second kappa shape index (κ2) is 4.97. The van der Waals surface area contributed by atoms with Gasteiger partial charge in [0, 0.05) is 32.9 Å². The van der Waals surface area contributed by atoms with E-state index >= 15 is 0 Å². The molecule has 6 nitrogen and oxygen atoms in total. The molecule has 2 aliphatic rings. The van der Waals surface area contributed by atoms with Gasteiger partial charge in [0.15, 0.2) is 0 Å². The van der Waals surface area contributed by atoms with Crippen LogP contribution in [0.1, 0.15) is 12.8 Å². The largest absolute Gasteiger partial charge is 0.480 e. The number of likely N-dealkylation sites (tertiary alicyclic amines) is 1. The first-order valence-electron chi connectivity index (χ1n) is 6.04. The monoisotopic (exact) mass is 273 g/mol. The number of carboxylic acid groups (broad SMARTS) is 1. The fourth-order valence-corrected chi connectivity index (χ4v) is 3.82. The minimum absolute atomic E-state index is 0.0302. The molecule has 2 N–H and O–H groups in total. The van der Waals surface area contributed by atoms with Crippen molar-refractivity contribution in [2.24, 2.45) is 0 Å². The predicted molar refractivity (Wildman–Crippen MR) is 69.6 cm³/mol.